The molecule has 0 saturated heterocycles. The molecule has 4 N–H and O–H groups in total. The summed E-state index contributed by atoms with van der Waals surface area (Å²) in [7, 11) is 0. The first-order valence-corrected chi connectivity index (χ1v) is 40.5. The summed E-state index contributed by atoms with van der Waals surface area (Å²) in [5, 5.41) is 29.6. The molecule has 1 amide bonds. The minimum Gasteiger partial charge on any atom is -0.465 e. The van der Waals surface area contributed by atoms with Crippen molar-refractivity contribution in [2.75, 3.05) is 91.8 Å². The smallest absolute Gasteiger partial charge is 0.320 e. The molecular formula is C79H159N5O7. The summed E-state index contributed by atoms with van der Waals surface area (Å²) in [5.41, 5.74) is 0. The Balaban J connectivity index is 5.77. The quantitative estimate of drug-likeness (QED) is 0.0341. The highest BCUT2D eigenvalue weighted by Crippen LogP contribution is 2.17. The van der Waals surface area contributed by atoms with Gasteiger partial charge in [0, 0.05) is 32.7 Å². The molecule has 0 fully saturated rings. The number of esters is 2. The number of unbranched alkanes of at least 4 members (excludes halogenated alkanes) is 49. The fraction of sp³-hybridized carbons (Fsp3) is 0.962. The van der Waals surface area contributed by atoms with E-state index in [0.717, 1.165) is 103 Å². The molecular weight excluding hydrogens is 1130 g/mol. The number of amides is 1. The van der Waals surface area contributed by atoms with Crippen molar-refractivity contribution in [3.05, 3.63) is 0 Å². The van der Waals surface area contributed by atoms with Crippen LogP contribution in [0, 0.1) is 0 Å². The second-order valence-corrected chi connectivity index (χ2v) is 28.2. The molecule has 0 rings (SSSR count). The first-order valence-electron chi connectivity index (χ1n) is 40.5. The Hall–Kier alpha value is -1.83. The molecule has 0 bridgehead atoms. The number of nitrogens with zero attached hydrogens (tertiary/aromatic N) is 3. The van der Waals surface area contributed by atoms with Crippen molar-refractivity contribution in [3.8, 4) is 0 Å². The molecule has 0 heterocycles. The molecule has 0 aromatic heterocycles. The lowest BCUT2D eigenvalue weighted by Gasteiger charge is -2.29. The fourth-order valence-electron chi connectivity index (χ4n) is 12.9. The van der Waals surface area contributed by atoms with Gasteiger partial charge in [0.25, 0.3) is 0 Å². The van der Waals surface area contributed by atoms with Gasteiger partial charge < -0.3 is 40.1 Å². The molecule has 0 aromatic rings. The number of carbonyl (C=O) groups is 3. The minimum absolute atomic E-state index is 0.00163. The molecule has 0 spiro atoms. The highest BCUT2D eigenvalue weighted by Gasteiger charge is 2.22. The van der Waals surface area contributed by atoms with Gasteiger partial charge in [0.05, 0.1) is 45.1 Å². The average molecular weight is 1290 g/mol. The van der Waals surface area contributed by atoms with Crippen molar-refractivity contribution in [1.82, 2.24) is 25.3 Å². The summed E-state index contributed by atoms with van der Waals surface area (Å²) in [5.74, 6) is -0.698. The maximum absolute atomic E-state index is 13.4. The van der Waals surface area contributed by atoms with Gasteiger partial charge in [-0.1, -0.05) is 343 Å². The van der Waals surface area contributed by atoms with Crippen LogP contribution in [0.2, 0.25) is 0 Å². The number of rotatable bonds is 77. The third kappa shape index (κ3) is 69.3. The Morgan fingerprint density at radius 1 is 0.308 bits per heavy atom. The highest BCUT2D eigenvalue weighted by molar-refractivity contribution is 5.78. The van der Waals surface area contributed by atoms with Crippen molar-refractivity contribution < 1.29 is 34.1 Å². The van der Waals surface area contributed by atoms with E-state index in [1.54, 1.807) is 4.90 Å². The molecule has 0 radical (unpaired) electrons. The topological polar surface area (TPSA) is 144 Å². The highest BCUT2D eigenvalue weighted by atomic mass is 16.5. The molecule has 0 aliphatic rings. The second-order valence-electron chi connectivity index (χ2n) is 28.2. The van der Waals surface area contributed by atoms with Crippen LogP contribution in [0.3, 0.4) is 0 Å². The van der Waals surface area contributed by atoms with Crippen molar-refractivity contribution in [3.63, 3.8) is 0 Å². The predicted molar refractivity (Wildman–Crippen MR) is 391 cm³/mol. The van der Waals surface area contributed by atoms with Gasteiger partial charge in [-0.05, 0) is 71.1 Å². The molecule has 0 aliphatic heterocycles. The maximum atomic E-state index is 13.4. The van der Waals surface area contributed by atoms with Crippen LogP contribution in [0.25, 0.3) is 0 Å². The number of aliphatic hydroxyl groups is 2. The van der Waals surface area contributed by atoms with Gasteiger partial charge in [-0.15, -0.1) is 0 Å². The van der Waals surface area contributed by atoms with E-state index in [2.05, 4.69) is 55.1 Å². The van der Waals surface area contributed by atoms with Crippen LogP contribution < -0.4 is 10.6 Å². The molecule has 2 atom stereocenters. The zero-order valence-corrected chi connectivity index (χ0v) is 61.7. The normalized spacial score (nSPS) is 12.5. The number of hydrogen-bond acceptors (Lipinski definition) is 11. The van der Waals surface area contributed by atoms with Crippen molar-refractivity contribution in [2.24, 2.45) is 0 Å². The van der Waals surface area contributed by atoms with Crippen LogP contribution in [-0.2, 0) is 23.9 Å². The van der Waals surface area contributed by atoms with Crippen molar-refractivity contribution >= 4 is 17.8 Å². The van der Waals surface area contributed by atoms with Gasteiger partial charge in [0.2, 0.25) is 5.91 Å². The standard InChI is InChI=1S/C79H159N5O7/c1-6-11-16-21-26-31-35-37-40-45-50-55-62-82(70-75(85)68-80-69-77(87)81-61-54-49-44-39-33-28-23-18-13-8-3)64-57-58-65-83(63-56-51-46-41-38-36-32-27-22-17-12-7-2)71-76(86)72-84(73-78(88)90-66-59-52-47-42-30-25-20-15-10-5)74-79(89)91-67-60-53-48-43-34-29-24-19-14-9-4/h75-76,80,85-86H,6-74H2,1-5H3,(H,81,87). The minimum atomic E-state index is -0.760. The summed E-state index contributed by atoms with van der Waals surface area (Å²) in [6.45, 7) is 18.1. The van der Waals surface area contributed by atoms with E-state index < -0.39 is 12.2 Å². The first kappa shape index (κ1) is 89.2. The lowest BCUT2D eigenvalue weighted by Crippen LogP contribution is -2.45. The summed E-state index contributed by atoms with van der Waals surface area (Å²) < 4.78 is 11.5. The Morgan fingerprint density at radius 2 is 0.549 bits per heavy atom. The lowest BCUT2D eigenvalue weighted by atomic mass is 10.1. The van der Waals surface area contributed by atoms with E-state index in [-0.39, 0.29) is 44.0 Å². The molecule has 0 aromatic carbocycles. The van der Waals surface area contributed by atoms with Crippen LogP contribution in [0.15, 0.2) is 0 Å². The first-order chi connectivity index (χ1) is 44.7. The van der Waals surface area contributed by atoms with Crippen LogP contribution in [-0.4, -0.2) is 147 Å². The fourth-order valence-corrected chi connectivity index (χ4v) is 12.9. The molecule has 12 nitrogen and oxygen atoms in total. The molecule has 12 heteroatoms. The number of nitrogens with one attached hydrogen (secondary N) is 2. The third-order valence-corrected chi connectivity index (χ3v) is 18.8. The molecule has 0 aliphatic carbocycles. The van der Waals surface area contributed by atoms with E-state index >= 15 is 0 Å². The lowest BCUT2D eigenvalue weighted by molar-refractivity contribution is -0.149. The van der Waals surface area contributed by atoms with Crippen LogP contribution >= 0.6 is 0 Å². The number of ether oxygens (including phenoxy) is 2. The van der Waals surface area contributed by atoms with Gasteiger partial charge in [-0.25, -0.2) is 0 Å². The van der Waals surface area contributed by atoms with E-state index in [9.17, 15) is 24.6 Å². The van der Waals surface area contributed by atoms with Gasteiger partial charge in [0.15, 0.2) is 0 Å². The molecule has 91 heavy (non-hydrogen) atoms. The van der Waals surface area contributed by atoms with Gasteiger partial charge in [0.1, 0.15) is 0 Å². The number of aliphatic hydroxyl groups excluding tert-OH is 2. The van der Waals surface area contributed by atoms with E-state index in [0.29, 0.717) is 39.4 Å². The Bertz CT molecular complexity index is 1480. The predicted octanol–water partition coefficient (Wildman–Crippen LogP) is 20.0. The average Bonchev–Trinajstić information content (AvgIpc) is 3.34. The zero-order chi connectivity index (χ0) is 66.2. The number of carbonyl (C=O) groups excluding carboxylic acids is 3. The Kier molecular flexibility index (Phi) is 72.5. The summed E-state index contributed by atoms with van der Waals surface area (Å²) in [6, 6.07) is 0. The maximum Gasteiger partial charge on any atom is 0.320 e. The van der Waals surface area contributed by atoms with E-state index in [4.69, 9.17) is 9.47 Å². The SMILES string of the molecule is CCCCCCCCCCCCCCN(CCCCN(CCCCCCCCCCCCCC)CC(O)CN(CC(=O)OCCCCCCCCCCC)CC(=O)OCCCCCCCCCCCC)CC(O)CNCC(=O)NCCCCCCCCCCCC. The second kappa shape index (κ2) is 74.0. The summed E-state index contributed by atoms with van der Waals surface area (Å²) in [6.07, 6.45) is 67.5. The Labute approximate surface area is 566 Å². The third-order valence-electron chi connectivity index (χ3n) is 18.8. The largest absolute Gasteiger partial charge is 0.465 e. The molecule has 542 valence electrons. The Morgan fingerprint density at radius 3 is 0.857 bits per heavy atom. The summed E-state index contributed by atoms with van der Waals surface area (Å²) in [4.78, 5) is 46.1. The van der Waals surface area contributed by atoms with Crippen LogP contribution in [0.5, 0.6) is 0 Å². The van der Waals surface area contributed by atoms with Crippen LogP contribution in [0.4, 0.5) is 0 Å². The molecule has 0 saturated carbocycles. The van der Waals surface area contributed by atoms with Crippen molar-refractivity contribution in [1.29, 1.82) is 0 Å². The molecule has 2 unspecified atom stereocenters. The zero-order valence-electron chi connectivity index (χ0n) is 61.7. The van der Waals surface area contributed by atoms with Crippen LogP contribution in [0.1, 0.15) is 388 Å². The van der Waals surface area contributed by atoms with E-state index in [1.807, 2.05) is 0 Å². The van der Waals surface area contributed by atoms with Gasteiger partial charge >= 0.3 is 11.9 Å². The monoisotopic (exact) mass is 1290 g/mol. The van der Waals surface area contributed by atoms with E-state index in [1.165, 1.54) is 276 Å². The van der Waals surface area contributed by atoms with Crippen molar-refractivity contribution in [2.45, 2.75) is 400 Å². The number of hydrogen-bond donors (Lipinski definition) is 4. The summed E-state index contributed by atoms with van der Waals surface area (Å²) >= 11 is 0. The van der Waals surface area contributed by atoms with Gasteiger partial charge in [-0.2, -0.15) is 0 Å². The van der Waals surface area contributed by atoms with Gasteiger partial charge in [-0.3, -0.25) is 19.3 Å².